The van der Waals surface area contributed by atoms with Gasteiger partial charge in [-0.2, -0.15) is 5.26 Å². The van der Waals surface area contributed by atoms with E-state index in [1.807, 2.05) is 76.2 Å². The van der Waals surface area contributed by atoms with E-state index in [0.717, 1.165) is 35.5 Å². The molecule has 3 N–H and O–H groups in total. The van der Waals surface area contributed by atoms with E-state index in [4.69, 9.17) is 15.7 Å². The lowest BCUT2D eigenvalue weighted by Crippen LogP contribution is -2.49. The number of nitrogens with two attached hydrogens (primary N) is 1. The minimum absolute atomic E-state index is 0.00666. The highest BCUT2D eigenvalue weighted by Crippen LogP contribution is 2.41. The Kier molecular flexibility index (Phi) is 13.0. The van der Waals surface area contributed by atoms with Crippen molar-refractivity contribution in [1.82, 2.24) is 20.3 Å². The molecule has 12 nitrogen and oxygen atoms in total. The van der Waals surface area contributed by atoms with Crippen LogP contribution in [0.1, 0.15) is 65.4 Å². The molecule has 3 aromatic rings. The molecule has 1 aromatic heterocycles. The fourth-order valence-electron chi connectivity index (χ4n) is 5.31. The number of carbonyl (C=O) groups excluding carboxylic acids is 4. The predicted octanol–water partition coefficient (Wildman–Crippen LogP) is 5.06. The summed E-state index contributed by atoms with van der Waals surface area (Å²) >= 11 is 0. The fraction of sp³-hybridized carbons (Fsp3) is 0.457. The maximum absolute atomic E-state index is 13.9. The van der Waals surface area contributed by atoms with Crippen LogP contribution in [0, 0.1) is 11.3 Å². The molecule has 0 atom stereocenters. The molecule has 4 rings (SSSR count). The highest BCUT2D eigenvalue weighted by Gasteiger charge is 2.31. The average molecular weight is 706 g/mol. The van der Waals surface area contributed by atoms with Crippen LogP contribution in [0.4, 0.5) is 5.69 Å². The number of benzene rings is 2. The maximum atomic E-state index is 13.9. The molecule has 2 aromatic carbocycles. The van der Waals surface area contributed by atoms with Crippen LogP contribution in [-0.2, 0) is 37.0 Å². The molecule has 0 radical (unpaired) electrons. The number of ketones is 1. The number of hydrogen-bond acceptors (Lipinski definition) is 10. The minimum Gasteiger partial charge on any atom is -0.373 e. The van der Waals surface area contributed by atoms with Gasteiger partial charge >= 0.3 is 0 Å². The third-order valence-corrected chi connectivity index (χ3v) is 10.4. The van der Waals surface area contributed by atoms with Crippen molar-refractivity contribution in [3.63, 3.8) is 0 Å². The van der Waals surface area contributed by atoms with Crippen molar-refractivity contribution in [2.75, 3.05) is 23.0 Å². The van der Waals surface area contributed by atoms with Crippen LogP contribution in [-0.4, -0.2) is 67.8 Å². The molecule has 0 unspecified atom stereocenters. The van der Waals surface area contributed by atoms with Crippen LogP contribution >= 0.6 is 21.6 Å². The number of nitrogens with one attached hydrogen (secondary N) is 1. The molecule has 0 bridgehead atoms. The molecule has 2 heterocycles. The van der Waals surface area contributed by atoms with Crippen molar-refractivity contribution in [2.24, 2.45) is 5.73 Å². The molecule has 0 fully saturated rings. The first kappa shape index (κ1) is 37.6. The topological polar surface area (TPSA) is 173 Å². The van der Waals surface area contributed by atoms with Gasteiger partial charge in [-0.25, -0.2) is 4.68 Å². The number of carbonyl (C=O) groups is 4. The number of nitrogens with zero attached hydrogens (tertiary/aromatic N) is 5. The Morgan fingerprint density at radius 3 is 2.41 bits per heavy atom. The molecule has 0 aliphatic carbocycles. The number of para-hydroxylation sites is 1. The molecule has 14 heteroatoms. The van der Waals surface area contributed by atoms with Gasteiger partial charge in [-0.1, -0.05) is 69.3 Å². The second kappa shape index (κ2) is 17.0. The number of primary amides is 1. The molecule has 49 heavy (non-hydrogen) atoms. The maximum Gasteiger partial charge on any atom is 0.253 e. The molecular formula is C35H43N7O5S2. The van der Waals surface area contributed by atoms with E-state index in [-0.39, 0.29) is 43.7 Å². The Morgan fingerprint density at radius 2 is 1.67 bits per heavy atom. The van der Waals surface area contributed by atoms with Crippen molar-refractivity contribution in [3.05, 3.63) is 54.1 Å². The zero-order valence-corrected chi connectivity index (χ0v) is 30.0. The van der Waals surface area contributed by atoms with Crippen molar-refractivity contribution in [2.45, 2.75) is 84.0 Å². The zero-order chi connectivity index (χ0) is 35.6. The Labute approximate surface area is 294 Å². The molecule has 0 saturated carbocycles. The highest BCUT2D eigenvalue weighted by molar-refractivity contribution is 8.76. The first-order valence-electron chi connectivity index (χ1n) is 16.1. The number of Topliss-reactive ketones (excluding diaryl/α,β-unsaturated/α-hetero) is 1. The monoisotopic (exact) mass is 705 g/mol. The third-order valence-electron chi connectivity index (χ3n) is 7.89. The first-order valence-corrected chi connectivity index (χ1v) is 18.6. The summed E-state index contributed by atoms with van der Waals surface area (Å²) in [6.07, 6.45) is 1.96. The van der Waals surface area contributed by atoms with Crippen LogP contribution in [0.5, 0.6) is 0 Å². The largest absolute Gasteiger partial charge is 0.373 e. The van der Waals surface area contributed by atoms with E-state index >= 15 is 0 Å². The van der Waals surface area contributed by atoms with Gasteiger partial charge in [0.05, 0.1) is 35.7 Å². The summed E-state index contributed by atoms with van der Waals surface area (Å²) in [5.41, 5.74) is 8.04. The number of rotatable bonds is 17. The molecule has 260 valence electrons. The molecule has 0 spiro atoms. The van der Waals surface area contributed by atoms with Gasteiger partial charge < -0.3 is 20.7 Å². The van der Waals surface area contributed by atoms with E-state index in [1.54, 1.807) is 32.6 Å². The Bertz CT molecular complexity index is 1720. The summed E-state index contributed by atoms with van der Waals surface area (Å²) in [5.74, 6) is 0.347. The lowest BCUT2D eigenvalue weighted by molar-refractivity contribution is -0.127. The van der Waals surface area contributed by atoms with Gasteiger partial charge in [0, 0.05) is 41.9 Å². The second-order valence-electron chi connectivity index (χ2n) is 13.1. The molecular weight excluding hydrogens is 663 g/mol. The van der Waals surface area contributed by atoms with E-state index in [0.29, 0.717) is 35.7 Å². The van der Waals surface area contributed by atoms with Crippen LogP contribution in [0.15, 0.2) is 48.5 Å². The van der Waals surface area contributed by atoms with Crippen molar-refractivity contribution < 1.29 is 23.9 Å². The summed E-state index contributed by atoms with van der Waals surface area (Å²) in [5, 5.41) is 20.7. The molecule has 0 saturated heterocycles. The smallest absolute Gasteiger partial charge is 0.253 e. The van der Waals surface area contributed by atoms with Gasteiger partial charge in [-0.05, 0) is 52.2 Å². The van der Waals surface area contributed by atoms with E-state index in [1.165, 1.54) is 4.68 Å². The van der Waals surface area contributed by atoms with Crippen molar-refractivity contribution in [3.8, 4) is 28.6 Å². The fourth-order valence-corrected chi connectivity index (χ4v) is 7.69. The van der Waals surface area contributed by atoms with Gasteiger partial charge in [0.1, 0.15) is 18.3 Å². The predicted molar refractivity (Wildman–Crippen MR) is 192 cm³/mol. The third kappa shape index (κ3) is 10.6. The Hall–Kier alpha value is -4.19. The normalized spacial score (nSPS) is 12.5. The number of ether oxygens (including phenoxy) is 1. The van der Waals surface area contributed by atoms with Gasteiger partial charge in [-0.15, -0.1) is 5.10 Å². The standard InChI is InChI=1S/C35H43N7O5S2/c1-34(2,23-47-35(3,4)17-19-49-48-18-9-14-29(37)44)38-30(45)15-16-31(46)41-21-24-10-5-6-11-26(24)33-32(27-12-7-8-13-28(27)41)39-40-42(33)22-25(43)20-36/h5-8,10-13H,9,14-19,21-23H2,1-4H3,(H2,37,44)(H,38,45). The number of aromatic nitrogens is 3. The van der Waals surface area contributed by atoms with Crippen LogP contribution in [0.25, 0.3) is 22.5 Å². The SMILES string of the molecule is CC(C)(COC(C)(C)CCSSCCCC(N)=O)NC(=O)CCC(=O)N1Cc2ccccc2-c2c(nnn2CC(=O)C#N)-c2ccccc21. The Balaban J connectivity index is 1.38. The van der Waals surface area contributed by atoms with Gasteiger partial charge in [-0.3, -0.25) is 19.2 Å². The second-order valence-corrected chi connectivity index (χ2v) is 15.8. The number of hydrogen-bond donors (Lipinski definition) is 2. The first-order chi connectivity index (χ1) is 23.3. The highest BCUT2D eigenvalue weighted by atomic mass is 33.1. The van der Waals surface area contributed by atoms with Gasteiger partial charge in [0.2, 0.25) is 17.7 Å². The number of amides is 3. The lowest BCUT2D eigenvalue weighted by atomic mass is 9.95. The van der Waals surface area contributed by atoms with E-state index in [2.05, 4.69) is 15.6 Å². The molecule has 1 aliphatic rings. The van der Waals surface area contributed by atoms with Gasteiger partial charge in [0.25, 0.3) is 5.78 Å². The molecule has 3 amide bonds. The minimum atomic E-state index is -0.657. The summed E-state index contributed by atoms with van der Waals surface area (Å²) in [4.78, 5) is 51.5. The quantitative estimate of drug-likeness (QED) is 0.110. The van der Waals surface area contributed by atoms with E-state index < -0.39 is 16.9 Å². The zero-order valence-electron chi connectivity index (χ0n) is 28.4. The number of nitriles is 1. The number of fused-ring (bicyclic) bond motifs is 5. The van der Waals surface area contributed by atoms with Gasteiger partial charge in [0.15, 0.2) is 0 Å². The molecule has 1 aliphatic heterocycles. The van der Waals surface area contributed by atoms with E-state index in [9.17, 15) is 19.2 Å². The lowest BCUT2D eigenvalue weighted by Gasteiger charge is -2.33. The average Bonchev–Trinajstić information content (AvgIpc) is 3.46. The summed E-state index contributed by atoms with van der Waals surface area (Å²) in [7, 11) is 3.46. The van der Waals surface area contributed by atoms with Crippen LogP contribution in [0.3, 0.4) is 0 Å². The van der Waals surface area contributed by atoms with Crippen LogP contribution < -0.4 is 16.0 Å². The number of anilines is 1. The Morgan fingerprint density at radius 1 is 0.980 bits per heavy atom. The van der Waals surface area contributed by atoms with Crippen molar-refractivity contribution >= 4 is 50.8 Å². The summed E-state index contributed by atoms with van der Waals surface area (Å²) in [6, 6.07) is 16.5. The summed E-state index contributed by atoms with van der Waals surface area (Å²) in [6.45, 7) is 8.12. The van der Waals surface area contributed by atoms with Crippen molar-refractivity contribution in [1.29, 1.82) is 5.26 Å². The van der Waals surface area contributed by atoms with Crippen LogP contribution in [0.2, 0.25) is 0 Å². The summed E-state index contributed by atoms with van der Waals surface area (Å²) < 4.78 is 7.64.